The van der Waals surface area contributed by atoms with Gasteiger partial charge >= 0.3 is 0 Å². The minimum absolute atomic E-state index is 0.0357. The molecule has 26 heavy (non-hydrogen) atoms. The van der Waals surface area contributed by atoms with Crippen LogP contribution in [0.15, 0.2) is 24.3 Å². The first-order chi connectivity index (χ1) is 12.5. The van der Waals surface area contributed by atoms with Crippen LogP contribution in [0.2, 0.25) is 0 Å². The van der Waals surface area contributed by atoms with Crippen molar-refractivity contribution in [1.82, 2.24) is 0 Å². The highest BCUT2D eigenvalue weighted by molar-refractivity contribution is 5.16. The Morgan fingerprint density at radius 1 is 0.923 bits per heavy atom. The van der Waals surface area contributed by atoms with E-state index in [2.05, 4.69) is 20.8 Å². The summed E-state index contributed by atoms with van der Waals surface area (Å²) in [4.78, 5) is 0. The van der Waals surface area contributed by atoms with Crippen LogP contribution in [0.1, 0.15) is 97.0 Å². The first kappa shape index (κ1) is 23.1. The predicted molar refractivity (Wildman–Crippen MR) is 111 cm³/mol. The van der Waals surface area contributed by atoms with Crippen molar-refractivity contribution in [2.75, 3.05) is 7.11 Å². The molecule has 0 fully saturated rings. The Labute approximate surface area is 161 Å². The van der Waals surface area contributed by atoms with E-state index in [0.717, 1.165) is 18.4 Å². The van der Waals surface area contributed by atoms with Crippen molar-refractivity contribution in [3.05, 3.63) is 35.6 Å². The molecule has 2 heteroatoms. The summed E-state index contributed by atoms with van der Waals surface area (Å²) < 4.78 is 19.0. The first-order valence-corrected chi connectivity index (χ1v) is 10.8. The van der Waals surface area contributed by atoms with Gasteiger partial charge in [-0.15, -0.1) is 0 Å². The number of benzene rings is 1. The maximum absolute atomic E-state index is 13.2. The number of unbranched alkanes of at least 4 members (excludes halogenated alkanes) is 7. The minimum atomic E-state index is -0.122. The molecule has 1 nitrogen and oxygen atoms in total. The maximum Gasteiger partial charge on any atom is 0.123 e. The summed E-state index contributed by atoms with van der Waals surface area (Å²) in [6.45, 7) is 6.74. The van der Waals surface area contributed by atoms with E-state index < -0.39 is 0 Å². The second-order valence-corrected chi connectivity index (χ2v) is 8.29. The summed E-state index contributed by atoms with van der Waals surface area (Å²) in [5, 5.41) is 0. The lowest BCUT2D eigenvalue weighted by Gasteiger charge is -2.33. The molecule has 0 N–H and O–H groups in total. The maximum atomic E-state index is 13.2. The first-order valence-electron chi connectivity index (χ1n) is 10.8. The van der Waals surface area contributed by atoms with E-state index in [1.54, 1.807) is 6.07 Å². The van der Waals surface area contributed by atoms with Crippen LogP contribution >= 0.6 is 0 Å². The van der Waals surface area contributed by atoms with Crippen LogP contribution in [-0.2, 0) is 11.2 Å². The fourth-order valence-electron chi connectivity index (χ4n) is 3.77. The number of hydrogen-bond acceptors (Lipinski definition) is 1. The van der Waals surface area contributed by atoms with Crippen LogP contribution in [-0.4, -0.2) is 12.7 Å². The molecule has 0 saturated carbocycles. The topological polar surface area (TPSA) is 9.23 Å². The van der Waals surface area contributed by atoms with Crippen molar-refractivity contribution in [2.45, 2.75) is 103 Å². The molecule has 1 rings (SSSR count). The van der Waals surface area contributed by atoms with Gasteiger partial charge in [0.2, 0.25) is 0 Å². The molecule has 0 radical (unpaired) electrons. The molecule has 0 aromatic heterocycles. The van der Waals surface area contributed by atoms with Gasteiger partial charge in [0.05, 0.1) is 5.60 Å². The molecule has 0 bridgehead atoms. The Bertz CT molecular complexity index is 469. The summed E-state index contributed by atoms with van der Waals surface area (Å²) in [7, 11) is 1.85. The number of aryl methyl sites for hydroxylation is 1. The van der Waals surface area contributed by atoms with Crippen LogP contribution in [0.3, 0.4) is 0 Å². The molecule has 150 valence electrons. The summed E-state index contributed by atoms with van der Waals surface area (Å²) >= 11 is 0. The van der Waals surface area contributed by atoms with Crippen LogP contribution < -0.4 is 0 Å². The molecule has 0 amide bonds. The molecule has 1 atom stereocenters. The molecule has 0 heterocycles. The molecule has 0 aliphatic carbocycles. The lowest BCUT2D eigenvalue weighted by molar-refractivity contribution is -0.0352. The Hall–Kier alpha value is -0.890. The average Bonchev–Trinajstić information content (AvgIpc) is 2.62. The van der Waals surface area contributed by atoms with Gasteiger partial charge in [-0.25, -0.2) is 4.39 Å². The number of methoxy groups -OCH3 is 1. The van der Waals surface area contributed by atoms with Gasteiger partial charge in [0.25, 0.3) is 0 Å². The standard InChI is InChI=1S/C24H41FO/c1-5-6-7-8-9-12-17-22(24(2,3)26-4)18-13-10-11-15-21-16-14-19-23(25)20-21/h14,16,19-20,22H,5-13,15,17-18H2,1-4H3. The SMILES string of the molecule is CCCCCCCCC(CCCCCc1cccc(F)c1)C(C)(C)OC. The third-order valence-corrected chi connectivity index (χ3v) is 5.82. The van der Waals surface area contributed by atoms with Crippen molar-refractivity contribution in [1.29, 1.82) is 0 Å². The molecule has 0 aliphatic rings. The molecule has 0 spiro atoms. The van der Waals surface area contributed by atoms with E-state index in [0.29, 0.717) is 5.92 Å². The molecule has 0 aliphatic heterocycles. The van der Waals surface area contributed by atoms with Gasteiger partial charge in [0.15, 0.2) is 0 Å². The van der Waals surface area contributed by atoms with Gasteiger partial charge in [-0.3, -0.25) is 0 Å². The third kappa shape index (κ3) is 9.71. The van der Waals surface area contributed by atoms with Gasteiger partial charge in [-0.05, 0) is 63.1 Å². The number of rotatable bonds is 15. The Morgan fingerprint density at radius 3 is 2.15 bits per heavy atom. The highest BCUT2D eigenvalue weighted by atomic mass is 19.1. The van der Waals surface area contributed by atoms with Gasteiger partial charge in [0.1, 0.15) is 5.82 Å². The third-order valence-electron chi connectivity index (χ3n) is 5.82. The van der Waals surface area contributed by atoms with Gasteiger partial charge in [0, 0.05) is 7.11 Å². The van der Waals surface area contributed by atoms with E-state index in [-0.39, 0.29) is 11.4 Å². The highest BCUT2D eigenvalue weighted by Crippen LogP contribution is 2.31. The Kier molecular flexibility index (Phi) is 11.8. The van der Waals surface area contributed by atoms with Crippen LogP contribution in [0.5, 0.6) is 0 Å². The van der Waals surface area contributed by atoms with E-state index in [1.165, 1.54) is 70.3 Å². The monoisotopic (exact) mass is 364 g/mol. The summed E-state index contributed by atoms with van der Waals surface area (Å²) in [5.74, 6) is 0.510. The molecule has 1 unspecified atom stereocenters. The Morgan fingerprint density at radius 2 is 1.54 bits per heavy atom. The lowest BCUT2D eigenvalue weighted by atomic mass is 9.82. The number of hydrogen-bond donors (Lipinski definition) is 0. The normalized spacial score (nSPS) is 13.1. The molecule has 1 aromatic carbocycles. The number of halogens is 1. The van der Waals surface area contributed by atoms with Crippen molar-refractivity contribution < 1.29 is 9.13 Å². The van der Waals surface area contributed by atoms with E-state index in [4.69, 9.17) is 4.74 Å². The van der Waals surface area contributed by atoms with E-state index >= 15 is 0 Å². The zero-order valence-electron chi connectivity index (χ0n) is 17.7. The predicted octanol–water partition coefficient (Wildman–Crippen LogP) is 7.72. The lowest BCUT2D eigenvalue weighted by Crippen LogP contribution is -2.33. The van der Waals surface area contributed by atoms with Crippen molar-refractivity contribution in [3.63, 3.8) is 0 Å². The zero-order chi connectivity index (χ0) is 19.3. The molecule has 1 aromatic rings. The van der Waals surface area contributed by atoms with Gasteiger partial charge in [-0.2, -0.15) is 0 Å². The minimum Gasteiger partial charge on any atom is -0.379 e. The van der Waals surface area contributed by atoms with Crippen molar-refractivity contribution in [2.24, 2.45) is 5.92 Å². The molecular weight excluding hydrogens is 323 g/mol. The van der Waals surface area contributed by atoms with E-state index in [1.807, 2.05) is 19.2 Å². The molecular formula is C24H41FO. The highest BCUT2D eigenvalue weighted by Gasteiger charge is 2.28. The smallest absolute Gasteiger partial charge is 0.123 e. The second-order valence-electron chi connectivity index (χ2n) is 8.29. The van der Waals surface area contributed by atoms with Gasteiger partial charge in [-0.1, -0.05) is 70.4 Å². The van der Waals surface area contributed by atoms with Crippen LogP contribution in [0, 0.1) is 11.7 Å². The van der Waals surface area contributed by atoms with Crippen molar-refractivity contribution >= 4 is 0 Å². The van der Waals surface area contributed by atoms with E-state index in [9.17, 15) is 4.39 Å². The van der Waals surface area contributed by atoms with Crippen LogP contribution in [0.4, 0.5) is 4.39 Å². The van der Waals surface area contributed by atoms with Crippen molar-refractivity contribution in [3.8, 4) is 0 Å². The van der Waals surface area contributed by atoms with Crippen LogP contribution in [0.25, 0.3) is 0 Å². The fourth-order valence-corrected chi connectivity index (χ4v) is 3.77. The largest absolute Gasteiger partial charge is 0.379 e. The van der Waals surface area contributed by atoms with Gasteiger partial charge < -0.3 is 4.74 Å². The number of ether oxygens (including phenoxy) is 1. The summed E-state index contributed by atoms with van der Waals surface area (Å²) in [5.41, 5.74) is 1.08. The molecule has 0 saturated heterocycles. The summed E-state index contributed by atoms with van der Waals surface area (Å²) in [6.07, 6.45) is 15.2. The average molecular weight is 365 g/mol. The zero-order valence-corrected chi connectivity index (χ0v) is 17.7. The Balaban J connectivity index is 2.27. The second kappa shape index (κ2) is 13.3. The quantitative estimate of drug-likeness (QED) is 0.289. The fraction of sp³-hybridized carbons (Fsp3) is 0.750. The summed E-state index contributed by atoms with van der Waals surface area (Å²) in [6, 6.07) is 7.01.